The lowest BCUT2D eigenvalue weighted by Gasteiger charge is -2.14. The molecule has 0 spiro atoms. The Hall–Kier alpha value is -1.83. The van der Waals surface area contributed by atoms with E-state index in [-0.39, 0.29) is 12.5 Å². The lowest BCUT2D eigenvalue weighted by atomic mass is 10.00. The molecule has 0 unspecified atom stereocenters. The van der Waals surface area contributed by atoms with Gasteiger partial charge in [-0.3, -0.25) is 9.59 Å². The van der Waals surface area contributed by atoms with Crippen molar-refractivity contribution in [1.29, 1.82) is 0 Å². The molecule has 2 aromatic rings. The number of carbonyl (C=O) groups excluding carboxylic acids is 2. The fourth-order valence-corrected chi connectivity index (χ4v) is 3.93. The zero-order chi connectivity index (χ0) is 18.1. The molecule has 7 heteroatoms. The number of thioether (sulfide) groups is 1. The van der Waals surface area contributed by atoms with E-state index in [4.69, 9.17) is 0 Å². The van der Waals surface area contributed by atoms with E-state index in [2.05, 4.69) is 10.6 Å². The normalized spacial score (nSPS) is 11.8. The van der Waals surface area contributed by atoms with Crippen LogP contribution in [0.25, 0.3) is 0 Å². The highest BCUT2D eigenvalue weighted by atomic mass is 32.2. The van der Waals surface area contributed by atoms with Crippen LogP contribution in [0.1, 0.15) is 23.6 Å². The summed E-state index contributed by atoms with van der Waals surface area (Å²) in [6, 6.07) is 11.4. The maximum Gasteiger partial charge on any atom is 0.313 e. The molecule has 0 radical (unpaired) electrons. The second-order valence-corrected chi connectivity index (χ2v) is 7.25. The number of hydrogen-bond donors (Lipinski definition) is 3. The third-order valence-corrected chi connectivity index (χ3v) is 5.59. The van der Waals surface area contributed by atoms with Crippen LogP contribution in [-0.2, 0) is 9.59 Å². The quantitative estimate of drug-likeness (QED) is 0.487. The summed E-state index contributed by atoms with van der Waals surface area (Å²) in [6.45, 7) is 0.488. The van der Waals surface area contributed by atoms with Gasteiger partial charge in [0.1, 0.15) is 0 Å². The molecule has 0 aliphatic rings. The Labute approximate surface area is 155 Å². The van der Waals surface area contributed by atoms with Crippen LogP contribution >= 0.6 is 23.1 Å². The molecule has 0 saturated carbocycles. The van der Waals surface area contributed by atoms with Crippen LogP contribution in [0.3, 0.4) is 0 Å². The van der Waals surface area contributed by atoms with Gasteiger partial charge in [-0.15, -0.1) is 23.1 Å². The first-order chi connectivity index (χ1) is 12.2. The van der Waals surface area contributed by atoms with Crippen molar-refractivity contribution in [2.24, 2.45) is 0 Å². The van der Waals surface area contributed by atoms with Gasteiger partial charge in [-0.05, 0) is 48.6 Å². The summed E-state index contributed by atoms with van der Waals surface area (Å²) < 4.78 is 0. The minimum absolute atomic E-state index is 0.0997. The van der Waals surface area contributed by atoms with Crippen LogP contribution in [0.5, 0.6) is 0 Å². The monoisotopic (exact) mass is 378 g/mol. The summed E-state index contributed by atoms with van der Waals surface area (Å²) in [7, 11) is 0. The summed E-state index contributed by atoms with van der Waals surface area (Å²) in [6.07, 6.45) is 3.24. The lowest BCUT2D eigenvalue weighted by Crippen LogP contribution is -2.36. The predicted octanol–water partition coefficient (Wildman–Crippen LogP) is 3.08. The second kappa shape index (κ2) is 10.2. The molecule has 1 aromatic heterocycles. The van der Waals surface area contributed by atoms with E-state index >= 15 is 0 Å². The van der Waals surface area contributed by atoms with Gasteiger partial charge in [0.25, 0.3) is 0 Å². The van der Waals surface area contributed by atoms with Crippen molar-refractivity contribution in [1.82, 2.24) is 5.32 Å². The van der Waals surface area contributed by atoms with Crippen LogP contribution in [0, 0.1) is 0 Å². The molecule has 134 valence electrons. The maximum absolute atomic E-state index is 12.0. The van der Waals surface area contributed by atoms with Gasteiger partial charge in [0.15, 0.2) is 0 Å². The SMILES string of the molecule is CSc1ccccc1NC(=O)C(=O)NCC[C@@H](CCO)c1cccs1. The summed E-state index contributed by atoms with van der Waals surface area (Å²) in [5, 5.41) is 16.5. The molecule has 0 aliphatic heterocycles. The number of para-hydroxylation sites is 1. The summed E-state index contributed by atoms with van der Waals surface area (Å²) in [5.74, 6) is -1.13. The van der Waals surface area contributed by atoms with Gasteiger partial charge in [-0.2, -0.15) is 0 Å². The van der Waals surface area contributed by atoms with Gasteiger partial charge in [0.05, 0.1) is 5.69 Å². The van der Waals surface area contributed by atoms with E-state index in [1.165, 1.54) is 16.6 Å². The number of hydrogen-bond acceptors (Lipinski definition) is 5. The Bertz CT molecular complexity index is 689. The van der Waals surface area contributed by atoms with Crippen LogP contribution < -0.4 is 10.6 Å². The van der Waals surface area contributed by atoms with Crippen LogP contribution in [0.15, 0.2) is 46.7 Å². The Morgan fingerprint density at radius 1 is 1.16 bits per heavy atom. The van der Waals surface area contributed by atoms with Crippen molar-refractivity contribution in [3.05, 3.63) is 46.7 Å². The smallest absolute Gasteiger partial charge is 0.313 e. The topological polar surface area (TPSA) is 78.4 Å². The van der Waals surface area contributed by atoms with Crippen molar-refractivity contribution < 1.29 is 14.7 Å². The average molecular weight is 379 g/mol. The van der Waals surface area contributed by atoms with Gasteiger partial charge in [-0.25, -0.2) is 0 Å². The molecule has 0 bridgehead atoms. The van der Waals surface area contributed by atoms with Crippen molar-refractivity contribution in [2.75, 3.05) is 24.7 Å². The fourth-order valence-electron chi connectivity index (χ4n) is 2.48. The largest absolute Gasteiger partial charge is 0.396 e. The first-order valence-electron chi connectivity index (χ1n) is 8.02. The number of amides is 2. The zero-order valence-corrected chi connectivity index (χ0v) is 15.7. The number of benzene rings is 1. The molecule has 3 N–H and O–H groups in total. The molecular formula is C18H22N2O3S2. The standard InChI is InChI=1S/C18H22N2O3S2/c1-24-16-6-3-2-5-14(16)20-18(23)17(22)19-10-8-13(9-11-21)15-7-4-12-25-15/h2-7,12-13,21H,8-11H2,1H3,(H,19,22)(H,20,23)/t13-/m0/s1. The summed E-state index contributed by atoms with van der Waals surface area (Å²) in [4.78, 5) is 26.1. The minimum atomic E-state index is -0.670. The van der Waals surface area contributed by atoms with Gasteiger partial charge in [-0.1, -0.05) is 18.2 Å². The zero-order valence-electron chi connectivity index (χ0n) is 14.0. The molecule has 1 heterocycles. The Balaban J connectivity index is 1.83. The molecule has 2 amide bonds. The highest BCUT2D eigenvalue weighted by Crippen LogP contribution is 2.27. The molecule has 0 aliphatic carbocycles. The summed E-state index contributed by atoms with van der Waals surface area (Å²) in [5.41, 5.74) is 0.631. The molecule has 2 rings (SSSR count). The second-order valence-electron chi connectivity index (χ2n) is 5.42. The average Bonchev–Trinajstić information content (AvgIpc) is 3.15. The number of anilines is 1. The highest BCUT2D eigenvalue weighted by molar-refractivity contribution is 7.98. The lowest BCUT2D eigenvalue weighted by molar-refractivity contribution is -0.136. The molecule has 1 atom stereocenters. The van der Waals surface area contributed by atoms with Crippen LogP contribution in [-0.4, -0.2) is 36.3 Å². The van der Waals surface area contributed by atoms with Gasteiger partial charge in [0.2, 0.25) is 0 Å². The van der Waals surface area contributed by atoms with Crippen molar-refractivity contribution >= 4 is 40.6 Å². The van der Waals surface area contributed by atoms with E-state index in [1.54, 1.807) is 17.4 Å². The molecule has 0 saturated heterocycles. The van der Waals surface area contributed by atoms with E-state index in [0.717, 1.165) is 4.90 Å². The van der Waals surface area contributed by atoms with Crippen LogP contribution in [0.4, 0.5) is 5.69 Å². The Kier molecular flexibility index (Phi) is 7.97. The highest BCUT2D eigenvalue weighted by Gasteiger charge is 2.17. The third-order valence-electron chi connectivity index (χ3n) is 3.76. The number of thiophene rings is 1. The summed E-state index contributed by atoms with van der Waals surface area (Å²) >= 11 is 3.14. The molecule has 5 nitrogen and oxygen atoms in total. The van der Waals surface area contributed by atoms with Crippen LogP contribution in [0.2, 0.25) is 0 Å². The Morgan fingerprint density at radius 3 is 2.64 bits per heavy atom. The number of nitrogens with one attached hydrogen (secondary N) is 2. The minimum Gasteiger partial charge on any atom is -0.396 e. The molecule has 25 heavy (non-hydrogen) atoms. The van der Waals surface area contributed by atoms with E-state index < -0.39 is 11.8 Å². The first-order valence-corrected chi connectivity index (χ1v) is 10.1. The Morgan fingerprint density at radius 2 is 1.96 bits per heavy atom. The molecule has 0 fully saturated rings. The van der Waals surface area contributed by atoms with Crippen molar-refractivity contribution in [3.8, 4) is 0 Å². The van der Waals surface area contributed by atoms with Gasteiger partial charge >= 0.3 is 11.8 Å². The molecule has 1 aromatic carbocycles. The number of aliphatic hydroxyl groups excluding tert-OH is 1. The third kappa shape index (κ3) is 5.88. The number of aliphatic hydroxyl groups is 1. The maximum atomic E-state index is 12.0. The number of carbonyl (C=O) groups is 2. The predicted molar refractivity (Wildman–Crippen MR) is 103 cm³/mol. The van der Waals surface area contributed by atoms with Crippen molar-refractivity contribution in [3.63, 3.8) is 0 Å². The number of rotatable bonds is 8. The fraction of sp³-hybridized carbons (Fsp3) is 0.333. The van der Waals surface area contributed by atoms with E-state index in [1.807, 2.05) is 42.0 Å². The van der Waals surface area contributed by atoms with E-state index in [0.29, 0.717) is 25.1 Å². The van der Waals surface area contributed by atoms with Gasteiger partial charge in [0, 0.05) is 22.9 Å². The van der Waals surface area contributed by atoms with Crippen molar-refractivity contribution in [2.45, 2.75) is 23.7 Å². The van der Waals surface area contributed by atoms with E-state index in [9.17, 15) is 14.7 Å². The van der Waals surface area contributed by atoms with Gasteiger partial charge < -0.3 is 15.7 Å². The first kappa shape index (κ1) is 19.5. The molecular weight excluding hydrogens is 356 g/mol.